The highest BCUT2D eigenvalue weighted by molar-refractivity contribution is 6.30. The molecule has 0 saturated heterocycles. The molecule has 16 heavy (non-hydrogen) atoms. The van der Waals surface area contributed by atoms with Gasteiger partial charge in [0.15, 0.2) is 0 Å². The van der Waals surface area contributed by atoms with Gasteiger partial charge in [-0.2, -0.15) is 0 Å². The number of carbonyl (C=O) groups excluding carboxylic acids is 1. The fourth-order valence-electron chi connectivity index (χ4n) is 1.41. The number of hydrogen-bond donors (Lipinski definition) is 0. The minimum atomic E-state index is 0.174. The Morgan fingerprint density at radius 3 is 2.75 bits per heavy atom. The Labute approximate surface area is 101 Å². The maximum Gasteiger partial charge on any atom is 0.142 e. The van der Waals surface area contributed by atoms with Crippen LogP contribution in [0, 0.1) is 0 Å². The maximum atomic E-state index is 10.9. The van der Waals surface area contributed by atoms with Gasteiger partial charge in [-0.3, -0.25) is 4.79 Å². The van der Waals surface area contributed by atoms with Gasteiger partial charge in [-0.1, -0.05) is 11.6 Å². The molecule has 0 fully saturated rings. The third kappa shape index (κ3) is 3.42. The molecule has 4 heteroatoms. The van der Waals surface area contributed by atoms with Crippen LogP contribution in [0.15, 0.2) is 18.2 Å². The molecule has 3 nitrogen and oxygen atoms in total. The molecule has 0 aliphatic carbocycles. The number of rotatable bonds is 5. The third-order valence-electron chi connectivity index (χ3n) is 2.35. The average molecular weight is 242 g/mol. The van der Waals surface area contributed by atoms with Gasteiger partial charge in [-0.05, 0) is 25.1 Å². The molecular weight excluding hydrogens is 226 g/mol. The van der Waals surface area contributed by atoms with Crippen molar-refractivity contribution in [2.75, 3.05) is 25.6 Å². The van der Waals surface area contributed by atoms with Crippen LogP contribution < -0.4 is 9.64 Å². The predicted octanol–water partition coefficient (Wildman–Crippen LogP) is 2.76. The predicted molar refractivity (Wildman–Crippen MR) is 66.6 cm³/mol. The van der Waals surface area contributed by atoms with Crippen LogP contribution >= 0.6 is 11.6 Å². The van der Waals surface area contributed by atoms with Crippen LogP contribution in [0.5, 0.6) is 5.75 Å². The van der Waals surface area contributed by atoms with Crippen LogP contribution in [0.1, 0.15) is 13.3 Å². The molecule has 1 rings (SSSR count). The number of ketones is 1. The van der Waals surface area contributed by atoms with E-state index in [0.29, 0.717) is 18.0 Å². The molecule has 0 radical (unpaired) electrons. The monoisotopic (exact) mass is 241 g/mol. The zero-order chi connectivity index (χ0) is 12.1. The molecule has 88 valence electrons. The molecular formula is C12H16ClNO2. The van der Waals surface area contributed by atoms with E-state index < -0.39 is 0 Å². The lowest BCUT2D eigenvalue weighted by Gasteiger charge is -2.21. The molecule has 0 spiro atoms. The highest BCUT2D eigenvalue weighted by Crippen LogP contribution is 2.30. The second kappa shape index (κ2) is 5.75. The largest absolute Gasteiger partial charge is 0.495 e. The van der Waals surface area contributed by atoms with Crippen molar-refractivity contribution in [3.63, 3.8) is 0 Å². The van der Waals surface area contributed by atoms with E-state index in [9.17, 15) is 4.79 Å². The third-order valence-corrected chi connectivity index (χ3v) is 2.59. The lowest BCUT2D eigenvalue weighted by atomic mass is 10.2. The van der Waals surface area contributed by atoms with Crippen molar-refractivity contribution >= 4 is 23.1 Å². The highest BCUT2D eigenvalue weighted by Gasteiger charge is 2.09. The number of benzene rings is 1. The topological polar surface area (TPSA) is 29.5 Å². The van der Waals surface area contributed by atoms with E-state index in [1.165, 1.54) is 0 Å². The molecule has 0 bridgehead atoms. The van der Waals surface area contributed by atoms with E-state index in [2.05, 4.69) is 0 Å². The van der Waals surface area contributed by atoms with Crippen molar-refractivity contribution in [3.05, 3.63) is 23.2 Å². The van der Waals surface area contributed by atoms with E-state index in [1.54, 1.807) is 20.1 Å². The van der Waals surface area contributed by atoms with E-state index >= 15 is 0 Å². The fraction of sp³-hybridized carbons (Fsp3) is 0.417. The second-order valence-electron chi connectivity index (χ2n) is 3.69. The first-order valence-electron chi connectivity index (χ1n) is 5.08. The number of hydrogen-bond acceptors (Lipinski definition) is 3. The van der Waals surface area contributed by atoms with Crippen molar-refractivity contribution in [1.29, 1.82) is 0 Å². The molecule has 0 aliphatic heterocycles. The molecule has 0 saturated carbocycles. The van der Waals surface area contributed by atoms with Gasteiger partial charge in [0.2, 0.25) is 0 Å². The molecule has 0 aliphatic rings. The van der Waals surface area contributed by atoms with Crippen LogP contribution in [-0.2, 0) is 4.79 Å². The van der Waals surface area contributed by atoms with Crippen LogP contribution in [-0.4, -0.2) is 26.5 Å². The molecule has 0 N–H and O–H groups in total. The smallest absolute Gasteiger partial charge is 0.142 e. The van der Waals surface area contributed by atoms with Gasteiger partial charge >= 0.3 is 0 Å². The zero-order valence-corrected chi connectivity index (χ0v) is 10.5. The lowest BCUT2D eigenvalue weighted by Crippen LogP contribution is -2.20. The Morgan fingerprint density at radius 2 is 2.19 bits per heavy atom. The van der Waals surface area contributed by atoms with Crippen molar-refractivity contribution in [3.8, 4) is 5.75 Å². The first-order chi connectivity index (χ1) is 7.54. The number of halogens is 1. The van der Waals surface area contributed by atoms with Crippen molar-refractivity contribution in [1.82, 2.24) is 0 Å². The summed E-state index contributed by atoms with van der Waals surface area (Å²) in [5.74, 6) is 0.934. The quantitative estimate of drug-likeness (QED) is 0.794. The van der Waals surface area contributed by atoms with E-state index in [0.717, 1.165) is 11.4 Å². The number of Topliss-reactive ketones (excluding diaryl/α,β-unsaturated/α-hetero) is 1. The molecule has 1 aromatic rings. The Morgan fingerprint density at radius 1 is 1.50 bits per heavy atom. The normalized spacial score (nSPS) is 10.0. The number of nitrogens with zero attached hydrogens (tertiary/aromatic N) is 1. The van der Waals surface area contributed by atoms with Gasteiger partial charge in [0.05, 0.1) is 12.8 Å². The Kier molecular flexibility index (Phi) is 4.62. The summed E-state index contributed by atoms with van der Waals surface area (Å²) >= 11 is 5.93. The molecule has 0 atom stereocenters. The lowest BCUT2D eigenvalue weighted by molar-refractivity contribution is -0.116. The number of methoxy groups -OCH3 is 1. The van der Waals surface area contributed by atoms with Crippen LogP contribution in [0.3, 0.4) is 0 Å². The number of anilines is 1. The standard InChI is InChI=1S/C12H16ClNO2/c1-9(15)6-7-14(2)11-8-10(13)4-5-12(11)16-3/h4-5,8H,6-7H2,1-3H3. The molecule has 1 aromatic carbocycles. The summed E-state index contributed by atoms with van der Waals surface area (Å²) in [7, 11) is 3.53. The molecule has 0 amide bonds. The summed E-state index contributed by atoms with van der Waals surface area (Å²) in [5, 5.41) is 0.658. The van der Waals surface area contributed by atoms with Gasteiger partial charge in [0.1, 0.15) is 11.5 Å². The summed E-state index contributed by atoms with van der Waals surface area (Å²) in [6.45, 7) is 2.25. The summed E-state index contributed by atoms with van der Waals surface area (Å²) in [5.41, 5.74) is 0.899. The molecule has 0 aromatic heterocycles. The van der Waals surface area contributed by atoms with Gasteiger partial charge in [0.25, 0.3) is 0 Å². The minimum Gasteiger partial charge on any atom is -0.495 e. The fourth-order valence-corrected chi connectivity index (χ4v) is 1.57. The van der Waals surface area contributed by atoms with Crippen molar-refractivity contribution in [2.45, 2.75) is 13.3 Å². The minimum absolute atomic E-state index is 0.174. The summed E-state index contributed by atoms with van der Waals surface area (Å²) in [6.07, 6.45) is 0.520. The van der Waals surface area contributed by atoms with E-state index in [-0.39, 0.29) is 5.78 Å². The van der Waals surface area contributed by atoms with E-state index in [1.807, 2.05) is 24.1 Å². The van der Waals surface area contributed by atoms with Gasteiger partial charge in [0, 0.05) is 25.0 Å². The van der Waals surface area contributed by atoms with Crippen LogP contribution in [0.4, 0.5) is 5.69 Å². The highest BCUT2D eigenvalue weighted by atomic mass is 35.5. The Bertz CT molecular complexity index is 379. The number of carbonyl (C=O) groups is 1. The molecule has 0 heterocycles. The zero-order valence-electron chi connectivity index (χ0n) is 9.79. The van der Waals surface area contributed by atoms with Gasteiger partial charge in [-0.25, -0.2) is 0 Å². The average Bonchev–Trinajstić information content (AvgIpc) is 2.25. The van der Waals surface area contributed by atoms with Crippen LogP contribution in [0.2, 0.25) is 5.02 Å². The SMILES string of the molecule is COc1ccc(Cl)cc1N(C)CCC(C)=O. The van der Waals surface area contributed by atoms with Gasteiger partial charge in [-0.15, -0.1) is 0 Å². The summed E-state index contributed by atoms with van der Waals surface area (Å²) < 4.78 is 5.24. The second-order valence-corrected chi connectivity index (χ2v) is 4.13. The first kappa shape index (κ1) is 12.8. The van der Waals surface area contributed by atoms with Crippen molar-refractivity contribution in [2.24, 2.45) is 0 Å². The molecule has 0 unspecified atom stereocenters. The Balaban J connectivity index is 2.84. The number of ether oxygens (including phenoxy) is 1. The van der Waals surface area contributed by atoms with Crippen molar-refractivity contribution < 1.29 is 9.53 Å². The summed E-state index contributed by atoms with van der Waals surface area (Å²) in [6, 6.07) is 5.44. The van der Waals surface area contributed by atoms with Crippen LogP contribution in [0.25, 0.3) is 0 Å². The van der Waals surface area contributed by atoms with Gasteiger partial charge < -0.3 is 9.64 Å². The maximum absolute atomic E-state index is 10.9. The Hall–Kier alpha value is -1.22. The summed E-state index contributed by atoms with van der Waals surface area (Å²) in [4.78, 5) is 12.9. The van der Waals surface area contributed by atoms with E-state index in [4.69, 9.17) is 16.3 Å². The first-order valence-corrected chi connectivity index (χ1v) is 5.46.